The van der Waals surface area contributed by atoms with Gasteiger partial charge in [-0.3, -0.25) is 0 Å². The van der Waals surface area contributed by atoms with E-state index in [1.807, 2.05) is 19.1 Å². The van der Waals surface area contributed by atoms with Crippen LogP contribution < -0.4 is 4.74 Å². The van der Waals surface area contributed by atoms with Gasteiger partial charge in [0, 0.05) is 0 Å². The van der Waals surface area contributed by atoms with Crippen molar-refractivity contribution in [1.82, 2.24) is 0 Å². The predicted molar refractivity (Wildman–Crippen MR) is 56.6 cm³/mol. The van der Waals surface area contributed by atoms with E-state index in [4.69, 9.17) is 9.84 Å². The average molecular weight is 259 g/mol. The third-order valence-corrected chi connectivity index (χ3v) is 2.82. The van der Waals surface area contributed by atoms with Crippen LogP contribution in [0.1, 0.15) is 12.5 Å². The molecule has 1 N–H and O–H groups in total. The van der Waals surface area contributed by atoms with Crippen LogP contribution in [0.4, 0.5) is 0 Å². The van der Waals surface area contributed by atoms with Crippen molar-refractivity contribution in [3.8, 4) is 5.75 Å². The lowest BCUT2D eigenvalue weighted by Crippen LogP contribution is -2.23. The number of hydrogen-bond donors (Lipinski definition) is 1. The number of aryl methyl sites for hydroxylation is 1. The molecule has 0 heterocycles. The standard InChI is InChI=1S/C10H11BrO3/c1-6-4-3-5-8(9(6)11)14-7(2)10(12)13/h3-5,7H,1-2H3,(H,12,13). The Morgan fingerprint density at radius 1 is 1.57 bits per heavy atom. The summed E-state index contributed by atoms with van der Waals surface area (Å²) in [5.74, 6) is -0.418. The lowest BCUT2D eigenvalue weighted by Gasteiger charge is -2.12. The van der Waals surface area contributed by atoms with Crippen molar-refractivity contribution in [2.24, 2.45) is 0 Å². The van der Waals surface area contributed by atoms with Crippen LogP contribution >= 0.6 is 15.9 Å². The van der Waals surface area contributed by atoms with Crippen molar-refractivity contribution >= 4 is 21.9 Å². The van der Waals surface area contributed by atoms with E-state index < -0.39 is 12.1 Å². The maximum absolute atomic E-state index is 10.6. The molecule has 1 aromatic carbocycles. The van der Waals surface area contributed by atoms with Gasteiger partial charge in [-0.2, -0.15) is 0 Å². The summed E-state index contributed by atoms with van der Waals surface area (Å²) >= 11 is 3.34. The minimum atomic E-state index is -0.974. The molecule has 1 aromatic rings. The van der Waals surface area contributed by atoms with Crippen LogP contribution in [0, 0.1) is 6.92 Å². The highest BCUT2D eigenvalue weighted by Crippen LogP contribution is 2.28. The SMILES string of the molecule is Cc1cccc(OC(C)C(=O)O)c1Br. The van der Waals surface area contributed by atoms with E-state index in [1.165, 1.54) is 6.92 Å². The molecule has 1 rings (SSSR count). The Bertz CT molecular complexity index is 349. The number of carbonyl (C=O) groups is 1. The summed E-state index contributed by atoms with van der Waals surface area (Å²) < 4.78 is 6.04. The van der Waals surface area contributed by atoms with Crippen molar-refractivity contribution < 1.29 is 14.6 Å². The Balaban J connectivity index is 2.87. The van der Waals surface area contributed by atoms with E-state index in [2.05, 4.69) is 15.9 Å². The summed E-state index contributed by atoms with van der Waals surface area (Å²) in [6, 6.07) is 5.48. The molecule has 4 heteroatoms. The molecule has 0 amide bonds. The van der Waals surface area contributed by atoms with Crippen LogP contribution in [0.25, 0.3) is 0 Å². The van der Waals surface area contributed by atoms with Crippen molar-refractivity contribution in [3.63, 3.8) is 0 Å². The molecule has 0 aliphatic carbocycles. The van der Waals surface area contributed by atoms with Gasteiger partial charge in [0.2, 0.25) is 0 Å². The Morgan fingerprint density at radius 3 is 2.79 bits per heavy atom. The van der Waals surface area contributed by atoms with E-state index in [0.29, 0.717) is 5.75 Å². The lowest BCUT2D eigenvalue weighted by molar-refractivity contribution is -0.144. The maximum Gasteiger partial charge on any atom is 0.344 e. The van der Waals surface area contributed by atoms with Gasteiger partial charge in [-0.1, -0.05) is 12.1 Å². The van der Waals surface area contributed by atoms with Gasteiger partial charge in [0.15, 0.2) is 6.10 Å². The topological polar surface area (TPSA) is 46.5 Å². The number of carboxylic acids is 1. The first-order valence-corrected chi connectivity index (χ1v) is 4.96. The number of hydrogen-bond acceptors (Lipinski definition) is 2. The molecular formula is C10H11BrO3. The molecule has 1 atom stereocenters. The van der Waals surface area contributed by atoms with Gasteiger partial charge in [0.25, 0.3) is 0 Å². The molecule has 0 saturated heterocycles. The van der Waals surface area contributed by atoms with Gasteiger partial charge in [0.05, 0.1) is 4.47 Å². The largest absolute Gasteiger partial charge is 0.479 e. The third kappa shape index (κ3) is 2.48. The summed E-state index contributed by atoms with van der Waals surface area (Å²) in [4.78, 5) is 10.6. The molecule has 76 valence electrons. The van der Waals surface area contributed by atoms with Crippen LogP contribution in [0.2, 0.25) is 0 Å². The van der Waals surface area contributed by atoms with E-state index in [0.717, 1.165) is 10.0 Å². The first-order chi connectivity index (χ1) is 6.52. The van der Waals surface area contributed by atoms with E-state index >= 15 is 0 Å². The first-order valence-electron chi connectivity index (χ1n) is 4.17. The Labute approximate surface area is 90.8 Å². The normalized spacial score (nSPS) is 12.2. The van der Waals surface area contributed by atoms with Gasteiger partial charge in [-0.25, -0.2) is 4.79 Å². The van der Waals surface area contributed by atoms with Gasteiger partial charge < -0.3 is 9.84 Å². The molecule has 0 aromatic heterocycles. The Hall–Kier alpha value is -1.03. The van der Waals surface area contributed by atoms with E-state index in [9.17, 15) is 4.79 Å². The van der Waals surface area contributed by atoms with Crippen molar-refractivity contribution in [2.75, 3.05) is 0 Å². The fraction of sp³-hybridized carbons (Fsp3) is 0.300. The number of benzene rings is 1. The fourth-order valence-electron chi connectivity index (χ4n) is 0.952. The first kappa shape index (κ1) is 11.0. The molecule has 0 saturated carbocycles. The quantitative estimate of drug-likeness (QED) is 0.907. The highest BCUT2D eigenvalue weighted by atomic mass is 79.9. The van der Waals surface area contributed by atoms with Crippen molar-refractivity contribution in [1.29, 1.82) is 0 Å². The summed E-state index contributed by atoms with van der Waals surface area (Å²) in [6.45, 7) is 3.42. The number of aliphatic carboxylic acids is 1. The molecule has 1 unspecified atom stereocenters. The zero-order chi connectivity index (χ0) is 10.7. The zero-order valence-corrected chi connectivity index (χ0v) is 9.54. The second-order valence-corrected chi connectivity index (χ2v) is 3.78. The summed E-state index contributed by atoms with van der Waals surface area (Å²) in [5, 5.41) is 8.66. The molecule has 0 aliphatic rings. The van der Waals surface area contributed by atoms with Crippen LogP contribution in [-0.4, -0.2) is 17.2 Å². The molecule has 0 radical (unpaired) electrons. The molecular weight excluding hydrogens is 248 g/mol. The second kappa shape index (κ2) is 4.46. The van der Waals surface area contributed by atoms with Gasteiger partial charge >= 0.3 is 5.97 Å². The van der Waals surface area contributed by atoms with Gasteiger partial charge in [-0.05, 0) is 41.4 Å². The van der Waals surface area contributed by atoms with Gasteiger partial charge in [-0.15, -0.1) is 0 Å². The summed E-state index contributed by atoms with van der Waals surface area (Å²) in [7, 11) is 0. The van der Waals surface area contributed by atoms with Crippen LogP contribution in [-0.2, 0) is 4.79 Å². The number of carboxylic acid groups (broad SMARTS) is 1. The predicted octanol–water partition coefficient (Wildman–Crippen LogP) is 2.61. The molecule has 3 nitrogen and oxygen atoms in total. The average Bonchev–Trinajstić information content (AvgIpc) is 2.12. The molecule has 0 fully saturated rings. The summed E-state index contributed by atoms with van der Waals surface area (Å²) in [5.41, 5.74) is 1.01. The highest BCUT2D eigenvalue weighted by Gasteiger charge is 2.14. The van der Waals surface area contributed by atoms with Crippen LogP contribution in [0.5, 0.6) is 5.75 Å². The Morgan fingerprint density at radius 2 is 2.21 bits per heavy atom. The van der Waals surface area contributed by atoms with Gasteiger partial charge in [0.1, 0.15) is 5.75 Å². The minimum absolute atomic E-state index is 0.555. The smallest absolute Gasteiger partial charge is 0.344 e. The van der Waals surface area contributed by atoms with Crippen molar-refractivity contribution in [3.05, 3.63) is 28.2 Å². The number of ether oxygens (including phenoxy) is 1. The zero-order valence-electron chi connectivity index (χ0n) is 7.95. The molecule has 0 aliphatic heterocycles. The van der Waals surface area contributed by atoms with E-state index in [1.54, 1.807) is 6.07 Å². The number of rotatable bonds is 3. The monoisotopic (exact) mass is 258 g/mol. The third-order valence-electron chi connectivity index (χ3n) is 1.81. The molecule has 14 heavy (non-hydrogen) atoms. The molecule has 0 bridgehead atoms. The van der Waals surface area contributed by atoms with E-state index in [-0.39, 0.29) is 0 Å². The Kier molecular flexibility index (Phi) is 3.52. The molecule has 0 spiro atoms. The van der Waals surface area contributed by atoms with Crippen molar-refractivity contribution in [2.45, 2.75) is 20.0 Å². The summed E-state index contributed by atoms with van der Waals surface area (Å²) in [6.07, 6.45) is -0.840. The number of halogens is 1. The van der Waals surface area contributed by atoms with Crippen LogP contribution in [0.3, 0.4) is 0 Å². The fourth-order valence-corrected chi connectivity index (χ4v) is 1.31. The lowest BCUT2D eigenvalue weighted by atomic mass is 10.2. The minimum Gasteiger partial charge on any atom is -0.479 e. The maximum atomic E-state index is 10.6. The highest BCUT2D eigenvalue weighted by molar-refractivity contribution is 9.10. The van der Waals surface area contributed by atoms with Crippen LogP contribution in [0.15, 0.2) is 22.7 Å². The second-order valence-electron chi connectivity index (χ2n) is 2.99.